The highest BCUT2D eigenvalue weighted by atomic mass is 32.1. The van der Waals surface area contributed by atoms with Crippen molar-refractivity contribution >= 4 is 20.4 Å². The Kier molecular flexibility index (Phi) is 3.83. The molecule has 0 atom stereocenters. The highest BCUT2D eigenvalue weighted by Gasteiger charge is 1.96. The number of rotatable bonds is 4. The van der Waals surface area contributed by atoms with E-state index >= 15 is 0 Å². The molecule has 1 rings (SSSR count). The second-order valence-electron chi connectivity index (χ2n) is 2.75. The molecule has 1 aromatic rings. The normalized spacial score (nSPS) is 10.8. The summed E-state index contributed by atoms with van der Waals surface area (Å²) in [7, 11) is -0.788. The molecular formula is C8H14OSSi. The van der Waals surface area contributed by atoms with E-state index in [1.807, 2.05) is 11.3 Å². The Hall–Kier alpha value is -0.123. The van der Waals surface area contributed by atoms with Gasteiger partial charge in [-0.05, 0) is 24.5 Å². The van der Waals surface area contributed by atoms with Crippen molar-refractivity contribution in [3.63, 3.8) is 0 Å². The molecule has 0 radical (unpaired) electrons. The van der Waals surface area contributed by atoms with Crippen LogP contribution in [-0.4, -0.2) is 15.6 Å². The van der Waals surface area contributed by atoms with Crippen LogP contribution in [0.25, 0.3) is 0 Å². The zero-order valence-corrected chi connectivity index (χ0v) is 9.01. The van der Waals surface area contributed by atoms with Gasteiger partial charge in [0, 0.05) is 17.9 Å². The summed E-state index contributed by atoms with van der Waals surface area (Å²) in [5, 5.41) is 2.11. The first-order valence-corrected chi connectivity index (χ1v) is 7.59. The third-order valence-electron chi connectivity index (χ3n) is 1.38. The maximum absolute atomic E-state index is 5.56. The third-order valence-corrected chi connectivity index (χ3v) is 3.22. The summed E-state index contributed by atoms with van der Waals surface area (Å²) in [4.78, 5) is 1.43. The second-order valence-corrected chi connectivity index (χ2v) is 6.21. The Bertz CT molecular complexity index is 184. The van der Waals surface area contributed by atoms with Gasteiger partial charge in [0.05, 0.1) is 0 Å². The molecule has 1 heterocycles. The van der Waals surface area contributed by atoms with E-state index < -0.39 is 9.04 Å². The number of hydrogen-bond acceptors (Lipinski definition) is 2. The van der Waals surface area contributed by atoms with Crippen molar-refractivity contribution in [2.75, 3.05) is 6.61 Å². The van der Waals surface area contributed by atoms with Crippen LogP contribution in [0.4, 0.5) is 0 Å². The molecule has 0 amide bonds. The molecule has 0 saturated heterocycles. The maximum Gasteiger partial charge on any atom is 0.170 e. The van der Waals surface area contributed by atoms with Crippen LogP contribution in [0.1, 0.15) is 4.88 Å². The van der Waals surface area contributed by atoms with Crippen molar-refractivity contribution in [1.29, 1.82) is 0 Å². The molecule has 0 spiro atoms. The van der Waals surface area contributed by atoms with Crippen LogP contribution >= 0.6 is 11.3 Å². The Balaban J connectivity index is 2.14. The molecule has 3 heteroatoms. The Morgan fingerprint density at radius 1 is 1.55 bits per heavy atom. The van der Waals surface area contributed by atoms with Crippen molar-refractivity contribution in [3.8, 4) is 0 Å². The first-order chi connectivity index (χ1) is 5.29. The van der Waals surface area contributed by atoms with E-state index in [-0.39, 0.29) is 0 Å². The fraction of sp³-hybridized carbons (Fsp3) is 0.500. The van der Waals surface area contributed by atoms with Crippen molar-refractivity contribution < 1.29 is 4.43 Å². The SMILES string of the molecule is C[SiH](C)OCCc1cccs1. The smallest absolute Gasteiger partial charge is 0.170 e. The van der Waals surface area contributed by atoms with Gasteiger partial charge in [-0.3, -0.25) is 0 Å². The molecule has 0 aliphatic carbocycles. The van der Waals surface area contributed by atoms with Crippen molar-refractivity contribution in [3.05, 3.63) is 22.4 Å². The lowest BCUT2D eigenvalue weighted by Crippen LogP contribution is -2.09. The zero-order chi connectivity index (χ0) is 8.10. The average molecular weight is 186 g/mol. The van der Waals surface area contributed by atoms with E-state index in [9.17, 15) is 0 Å². The van der Waals surface area contributed by atoms with Gasteiger partial charge < -0.3 is 4.43 Å². The molecule has 11 heavy (non-hydrogen) atoms. The number of thiophene rings is 1. The molecule has 1 nitrogen and oxygen atoms in total. The molecule has 0 saturated carbocycles. The molecule has 0 aliphatic heterocycles. The van der Waals surface area contributed by atoms with Crippen LogP contribution < -0.4 is 0 Å². The van der Waals surface area contributed by atoms with Crippen LogP contribution in [-0.2, 0) is 10.8 Å². The van der Waals surface area contributed by atoms with Gasteiger partial charge in [0.25, 0.3) is 0 Å². The summed E-state index contributed by atoms with van der Waals surface area (Å²) < 4.78 is 5.56. The van der Waals surface area contributed by atoms with Gasteiger partial charge >= 0.3 is 0 Å². The molecule has 0 N–H and O–H groups in total. The zero-order valence-electron chi connectivity index (χ0n) is 7.04. The van der Waals surface area contributed by atoms with E-state index in [1.54, 1.807) is 0 Å². The summed E-state index contributed by atoms with van der Waals surface area (Å²) in [6.45, 7) is 5.31. The maximum atomic E-state index is 5.56. The predicted molar refractivity (Wildman–Crippen MR) is 52.9 cm³/mol. The van der Waals surface area contributed by atoms with Gasteiger partial charge in [-0.15, -0.1) is 11.3 Å². The van der Waals surface area contributed by atoms with Gasteiger partial charge in [0.1, 0.15) is 0 Å². The highest BCUT2D eigenvalue weighted by Crippen LogP contribution is 2.08. The van der Waals surface area contributed by atoms with Gasteiger partial charge in [0.2, 0.25) is 0 Å². The van der Waals surface area contributed by atoms with E-state index in [0.717, 1.165) is 13.0 Å². The van der Waals surface area contributed by atoms with Gasteiger partial charge in [-0.25, -0.2) is 0 Å². The monoisotopic (exact) mass is 186 g/mol. The standard InChI is InChI=1S/C8H14OSSi/c1-11(2)9-6-5-8-4-3-7-10-8/h3-4,7,11H,5-6H2,1-2H3. The quantitative estimate of drug-likeness (QED) is 0.656. The van der Waals surface area contributed by atoms with Crippen LogP contribution in [0.5, 0.6) is 0 Å². The van der Waals surface area contributed by atoms with E-state index in [4.69, 9.17) is 4.43 Å². The minimum absolute atomic E-state index is 0.788. The first-order valence-electron chi connectivity index (χ1n) is 3.93. The van der Waals surface area contributed by atoms with Gasteiger partial charge in [-0.2, -0.15) is 0 Å². The van der Waals surface area contributed by atoms with Crippen LogP contribution in [0.3, 0.4) is 0 Å². The fourth-order valence-corrected chi connectivity index (χ4v) is 2.13. The minimum Gasteiger partial charge on any atom is -0.420 e. The first kappa shape index (κ1) is 8.97. The second kappa shape index (κ2) is 4.69. The topological polar surface area (TPSA) is 9.23 Å². The largest absolute Gasteiger partial charge is 0.420 e. The molecular weight excluding hydrogens is 172 g/mol. The third kappa shape index (κ3) is 3.70. The molecule has 62 valence electrons. The van der Waals surface area contributed by atoms with Gasteiger partial charge in [0.15, 0.2) is 9.04 Å². The highest BCUT2D eigenvalue weighted by molar-refractivity contribution is 7.09. The van der Waals surface area contributed by atoms with Crippen LogP contribution in [0.15, 0.2) is 17.5 Å². The molecule has 0 aliphatic rings. The summed E-state index contributed by atoms with van der Waals surface area (Å²) in [6.07, 6.45) is 1.09. The lowest BCUT2D eigenvalue weighted by atomic mass is 10.4. The Labute approximate surface area is 73.7 Å². The van der Waals surface area contributed by atoms with Crippen molar-refractivity contribution in [2.24, 2.45) is 0 Å². The molecule has 0 bridgehead atoms. The predicted octanol–water partition coefficient (Wildman–Crippen LogP) is 2.29. The molecule has 0 unspecified atom stereocenters. The van der Waals surface area contributed by atoms with E-state index in [1.165, 1.54) is 4.88 Å². The summed E-state index contributed by atoms with van der Waals surface area (Å²) >= 11 is 1.81. The lowest BCUT2D eigenvalue weighted by molar-refractivity contribution is 0.332. The summed E-state index contributed by atoms with van der Waals surface area (Å²) in [5.41, 5.74) is 0. The summed E-state index contributed by atoms with van der Waals surface area (Å²) in [6, 6.07) is 4.25. The van der Waals surface area contributed by atoms with Crippen molar-refractivity contribution in [1.82, 2.24) is 0 Å². The van der Waals surface area contributed by atoms with Crippen LogP contribution in [0.2, 0.25) is 13.1 Å². The molecule has 1 aromatic heterocycles. The van der Waals surface area contributed by atoms with E-state index in [0.29, 0.717) is 0 Å². The average Bonchev–Trinajstić information content (AvgIpc) is 2.39. The lowest BCUT2D eigenvalue weighted by Gasteiger charge is -2.04. The Morgan fingerprint density at radius 2 is 2.36 bits per heavy atom. The number of hydrogen-bond donors (Lipinski definition) is 0. The fourth-order valence-electron chi connectivity index (χ4n) is 0.850. The Morgan fingerprint density at radius 3 is 2.91 bits per heavy atom. The van der Waals surface area contributed by atoms with Crippen molar-refractivity contribution in [2.45, 2.75) is 19.5 Å². The van der Waals surface area contributed by atoms with E-state index in [2.05, 4.69) is 30.6 Å². The van der Waals surface area contributed by atoms with Crippen LogP contribution in [0, 0.1) is 0 Å². The minimum atomic E-state index is -0.788. The molecule has 0 fully saturated rings. The van der Waals surface area contributed by atoms with Gasteiger partial charge in [-0.1, -0.05) is 6.07 Å². The molecule has 0 aromatic carbocycles. The summed E-state index contributed by atoms with van der Waals surface area (Å²) in [5.74, 6) is 0.